The third-order valence-electron chi connectivity index (χ3n) is 4.26. The fourth-order valence-electron chi connectivity index (χ4n) is 2.76. The number of hydrogen-bond acceptors (Lipinski definition) is 3. The van der Waals surface area contributed by atoms with Crippen LogP contribution in [0.2, 0.25) is 0 Å². The maximum absolute atomic E-state index is 12.0. The molecule has 3 N–H and O–H groups in total. The van der Waals surface area contributed by atoms with E-state index in [1.54, 1.807) is 13.0 Å². The zero-order valence-electron chi connectivity index (χ0n) is 14.5. The van der Waals surface area contributed by atoms with Gasteiger partial charge in [0.2, 0.25) is 11.8 Å². The Bertz CT molecular complexity index is 622. The van der Waals surface area contributed by atoms with Crippen molar-refractivity contribution in [1.29, 1.82) is 0 Å². The Hall–Kier alpha value is -2.63. The average Bonchev–Trinajstić information content (AvgIpc) is 2.65. The normalized spacial score (nSPS) is 16.2. The van der Waals surface area contributed by atoms with Crippen LogP contribution in [0.1, 0.15) is 44.6 Å². The number of hydrazine groups is 1. The van der Waals surface area contributed by atoms with Crippen LogP contribution < -0.4 is 16.2 Å². The van der Waals surface area contributed by atoms with Crippen LogP contribution in [-0.2, 0) is 14.4 Å². The molecule has 0 aromatic heterocycles. The molecule has 0 aliphatic heterocycles. The molecule has 0 saturated heterocycles. The smallest absolute Gasteiger partial charge is 0.260 e. The highest BCUT2D eigenvalue weighted by Crippen LogP contribution is 2.23. The first-order valence-corrected chi connectivity index (χ1v) is 8.69. The first-order valence-electron chi connectivity index (χ1n) is 8.69. The van der Waals surface area contributed by atoms with Gasteiger partial charge in [-0.1, -0.05) is 49.6 Å². The van der Waals surface area contributed by atoms with E-state index in [2.05, 4.69) is 16.2 Å². The van der Waals surface area contributed by atoms with Crippen molar-refractivity contribution >= 4 is 23.8 Å². The Morgan fingerprint density at radius 2 is 1.72 bits per heavy atom. The zero-order valence-corrected chi connectivity index (χ0v) is 14.5. The molecule has 1 atom stereocenters. The lowest BCUT2D eigenvalue weighted by atomic mass is 9.89. The standard InChI is InChI=1S/C19H25N3O3/c1-14(20-17(23)13-12-15-8-4-2-5-9-15)18(24)21-22-19(25)16-10-6-3-7-11-16/h2,4-5,8-9,12-14,16H,3,6-7,10-11H2,1H3,(H,20,23)(H,21,24)(H,22,25)/b13-12+/t14-/m0/s1. The maximum Gasteiger partial charge on any atom is 0.260 e. The number of benzene rings is 1. The van der Waals surface area contributed by atoms with E-state index in [1.165, 1.54) is 6.08 Å². The first-order chi connectivity index (χ1) is 12.1. The Balaban J connectivity index is 1.72. The van der Waals surface area contributed by atoms with Crippen molar-refractivity contribution in [2.24, 2.45) is 5.92 Å². The molecule has 1 saturated carbocycles. The topological polar surface area (TPSA) is 87.3 Å². The monoisotopic (exact) mass is 343 g/mol. The molecule has 0 spiro atoms. The molecular formula is C19H25N3O3. The average molecular weight is 343 g/mol. The minimum Gasteiger partial charge on any atom is -0.341 e. The Morgan fingerprint density at radius 3 is 2.40 bits per heavy atom. The molecule has 3 amide bonds. The zero-order chi connectivity index (χ0) is 18.1. The minimum absolute atomic E-state index is 0.0345. The van der Waals surface area contributed by atoms with Crippen molar-refractivity contribution in [3.63, 3.8) is 0 Å². The summed E-state index contributed by atoms with van der Waals surface area (Å²) in [5.74, 6) is -1.01. The van der Waals surface area contributed by atoms with Crippen molar-refractivity contribution < 1.29 is 14.4 Å². The fraction of sp³-hybridized carbons (Fsp3) is 0.421. The van der Waals surface area contributed by atoms with Gasteiger partial charge in [-0.3, -0.25) is 25.2 Å². The van der Waals surface area contributed by atoms with Crippen molar-refractivity contribution in [3.8, 4) is 0 Å². The van der Waals surface area contributed by atoms with Crippen molar-refractivity contribution in [1.82, 2.24) is 16.2 Å². The molecule has 6 nitrogen and oxygen atoms in total. The third kappa shape index (κ3) is 6.41. The van der Waals surface area contributed by atoms with Crippen LogP contribution in [-0.4, -0.2) is 23.8 Å². The first kappa shape index (κ1) is 18.7. The highest BCUT2D eigenvalue weighted by Gasteiger charge is 2.22. The molecule has 134 valence electrons. The summed E-state index contributed by atoms with van der Waals surface area (Å²) in [6.45, 7) is 1.57. The van der Waals surface area contributed by atoms with Gasteiger partial charge in [-0.2, -0.15) is 0 Å². The molecule has 1 aromatic rings. The second kappa shape index (κ2) is 9.61. The molecule has 1 aromatic carbocycles. The molecule has 1 aliphatic rings. The van der Waals surface area contributed by atoms with E-state index in [-0.39, 0.29) is 17.7 Å². The van der Waals surface area contributed by atoms with Gasteiger partial charge in [0.15, 0.2) is 0 Å². The number of nitrogens with one attached hydrogen (secondary N) is 3. The summed E-state index contributed by atoms with van der Waals surface area (Å²) in [4.78, 5) is 35.8. The van der Waals surface area contributed by atoms with Crippen LogP contribution >= 0.6 is 0 Å². The van der Waals surface area contributed by atoms with Crippen LogP contribution in [0.5, 0.6) is 0 Å². The lowest BCUT2D eigenvalue weighted by Gasteiger charge is -2.21. The van der Waals surface area contributed by atoms with E-state index in [0.717, 1.165) is 37.7 Å². The molecule has 0 radical (unpaired) electrons. The Labute approximate surface area is 148 Å². The summed E-state index contributed by atoms with van der Waals surface area (Å²) in [6, 6.07) is 8.65. The molecule has 0 heterocycles. The third-order valence-corrected chi connectivity index (χ3v) is 4.26. The van der Waals surface area contributed by atoms with Crippen LogP contribution in [0, 0.1) is 5.92 Å². The van der Waals surface area contributed by atoms with Crippen LogP contribution in [0.15, 0.2) is 36.4 Å². The maximum atomic E-state index is 12.0. The number of hydrogen-bond donors (Lipinski definition) is 3. The van der Waals surface area contributed by atoms with E-state index in [1.807, 2.05) is 30.3 Å². The van der Waals surface area contributed by atoms with E-state index in [0.29, 0.717) is 0 Å². The molecule has 1 aliphatic carbocycles. The fourth-order valence-corrected chi connectivity index (χ4v) is 2.76. The van der Waals surface area contributed by atoms with E-state index in [4.69, 9.17) is 0 Å². The van der Waals surface area contributed by atoms with Gasteiger partial charge in [0.1, 0.15) is 6.04 Å². The summed E-state index contributed by atoms with van der Waals surface area (Å²) in [7, 11) is 0. The molecule has 0 unspecified atom stereocenters. The predicted octanol–water partition coefficient (Wildman–Crippen LogP) is 1.93. The lowest BCUT2D eigenvalue weighted by Crippen LogP contribution is -2.52. The second-order valence-corrected chi connectivity index (χ2v) is 6.29. The highest BCUT2D eigenvalue weighted by atomic mass is 16.2. The summed E-state index contributed by atoms with van der Waals surface area (Å²) in [5.41, 5.74) is 5.74. The van der Waals surface area contributed by atoms with Crippen LogP contribution in [0.3, 0.4) is 0 Å². The Kier molecular flexibility index (Phi) is 7.19. The highest BCUT2D eigenvalue weighted by molar-refractivity contribution is 5.95. The largest absolute Gasteiger partial charge is 0.341 e. The molecule has 0 bridgehead atoms. The number of amides is 3. The number of carbonyl (C=O) groups excluding carboxylic acids is 3. The van der Waals surface area contributed by atoms with Gasteiger partial charge < -0.3 is 5.32 Å². The van der Waals surface area contributed by atoms with E-state index >= 15 is 0 Å². The van der Waals surface area contributed by atoms with Gasteiger partial charge >= 0.3 is 0 Å². The van der Waals surface area contributed by atoms with Gasteiger partial charge in [0, 0.05) is 12.0 Å². The molecular weight excluding hydrogens is 318 g/mol. The molecule has 6 heteroatoms. The van der Waals surface area contributed by atoms with Crippen LogP contribution in [0.25, 0.3) is 6.08 Å². The van der Waals surface area contributed by atoms with Crippen molar-refractivity contribution in [2.45, 2.75) is 45.1 Å². The minimum atomic E-state index is -0.750. The number of rotatable bonds is 5. The summed E-state index contributed by atoms with van der Waals surface area (Å²) in [6.07, 6.45) is 8.02. The van der Waals surface area contributed by atoms with Crippen LogP contribution in [0.4, 0.5) is 0 Å². The SMILES string of the molecule is C[C@H](NC(=O)/C=C/c1ccccc1)C(=O)NNC(=O)C1CCCCC1. The molecule has 2 rings (SSSR count). The van der Waals surface area contributed by atoms with Crippen molar-refractivity contribution in [3.05, 3.63) is 42.0 Å². The van der Waals surface area contributed by atoms with Crippen molar-refractivity contribution in [2.75, 3.05) is 0 Å². The predicted molar refractivity (Wildman–Crippen MR) is 95.9 cm³/mol. The Morgan fingerprint density at radius 1 is 1.04 bits per heavy atom. The van der Waals surface area contributed by atoms with E-state index < -0.39 is 11.9 Å². The molecule has 25 heavy (non-hydrogen) atoms. The summed E-state index contributed by atoms with van der Waals surface area (Å²) >= 11 is 0. The van der Waals surface area contributed by atoms with Gasteiger partial charge in [0.25, 0.3) is 5.91 Å². The van der Waals surface area contributed by atoms with Gasteiger partial charge in [-0.25, -0.2) is 0 Å². The van der Waals surface area contributed by atoms with Gasteiger partial charge in [-0.15, -0.1) is 0 Å². The lowest BCUT2D eigenvalue weighted by molar-refractivity contribution is -0.133. The van der Waals surface area contributed by atoms with E-state index in [9.17, 15) is 14.4 Å². The van der Waals surface area contributed by atoms with Gasteiger partial charge in [0.05, 0.1) is 0 Å². The second-order valence-electron chi connectivity index (χ2n) is 6.29. The molecule has 1 fully saturated rings. The summed E-state index contributed by atoms with van der Waals surface area (Å²) < 4.78 is 0. The van der Waals surface area contributed by atoms with Gasteiger partial charge in [-0.05, 0) is 31.4 Å². The number of carbonyl (C=O) groups is 3. The summed E-state index contributed by atoms with van der Waals surface area (Å²) in [5, 5.41) is 2.56. The quantitative estimate of drug-likeness (QED) is 0.564.